The molecule has 3 rings (SSSR count). The average molecular weight is 267 g/mol. The first kappa shape index (κ1) is 12.5. The number of rotatable bonds is 2. The van der Waals surface area contributed by atoms with Crippen molar-refractivity contribution in [2.24, 2.45) is 21.7 Å². The molecular weight excluding hydrogens is 250 g/mol. The maximum absolute atomic E-state index is 5.36. The summed E-state index contributed by atoms with van der Waals surface area (Å²) in [6.07, 6.45) is 3.75. The van der Waals surface area contributed by atoms with Crippen LogP contribution in [0.15, 0.2) is 52.8 Å². The van der Waals surface area contributed by atoms with E-state index in [1.807, 2.05) is 18.3 Å². The van der Waals surface area contributed by atoms with E-state index in [1.54, 1.807) is 0 Å². The van der Waals surface area contributed by atoms with E-state index in [9.17, 15) is 0 Å². The number of nitrogens with zero attached hydrogens (tertiary/aromatic N) is 2. The Balaban J connectivity index is 1.97. The van der Waals surface area contributed by atoms with Crippen LogP contribution in [0.4, 0.5) is 0 Å². The van der Waals surface area contributed by atoms with Gasteiger partial charge >= 0.3 is 0 Å². The Morgan fingerprint density at radius 1 is 1.10 bits per heavy atom. The van der Waals surface area contributed by atoms with E-state index in [-0.39, 0.29) is 5.96 Å². The molecule has 2 aromatic rings. The fraction of sp³-hybridized carbons (Fsp3) is 0.200. The van der Waals surface area contributed by atoms with Gasteiger partial charge in [0.15, 0.2) is 0 Å². The van der Waals surface area contributed by atoms with Crippen LogP contribution in [0.1, 0.15) is 29.2 Å². The second-order valence-corrected chi connectivity index (χ2v) is 4.96. The molecule has 0 bridgehead atoms. The number of nitrogens with one attached hydrogen (secondary N) is 1. The minimum Gasteiger partial charge on any atom is -0.369 e. The van der Waals surface area contributed by atoms with Gasteiger partial charge in [-0.25, -0.2) is 0 Å². The summed E-state index contributed by atoms with van der Waals surface area (Å²) < 4.78 is 0. The predicted octanol–water partition coefficient (Wildman–Crippen LogP) is 1.72. The van der Waals surface area contributed by atoms with Crippen LogP contribution in [0.5, 0.6) is 0 Å². The smallest absolute Gasteiger partial charge is 0.211 e. The first-order chi connectivity index (χ1) is 9.74. The summed E-state index contributed by atoms with van der Waals surface area (Å²) in [5, 5.41) is 8.01. The van der Waals surface area contributed by atoms with E-state index in [1.165, 1.54) is 11.3 Å². The molecule has 0 saturated heterocycles. The number of hydrogen-bond donors (Lipinski definition) is 3. The highest BCUT2D eigenvalue weighted by Gasteiger charge is 2.25. The summed E-state index contributed by atoms with van der Waals surface area (Å²) in [6.45, 7) is 0. The van der Waals surface area contributed by atoms with Gasteiger partial charge in [0.1, 0.15) is 0 Å². The number of hydrogen-bond acceptors (Lipinski definition) is 2. The van der Waals surface area contributed by atoms with Gasteiger partial charge in [0.25, 0.3) is 0 Å². The van der Waals surface area contributed by atoms with Crippen LogP contribution in [-0.2, 0) is 6.42 Å². The lowest BCUT2D eigenvalue weighted by Gasteiger charge is -2.23. The Bertz CT molecular complexity index is 650. The standard InChI is InChI=1S/C15H17N5/c16-15(17)20-19-14-9-11(10-4-2-1-3-5-10)8-13-12(14)6-7-18-13/h1-7,11,18H,8-9H2,(H4,16,17,20). The second kappa shape index (κ2) is 5.21. The molecule has 5 N–H and O–H groups in total. The number of H-pyrrole nitrogens is 1. The van der Waals surface area contributed by atoms with Gasteiger partial charge < -0.3 is 16.5 Å². The van der Waals surface area contributed by atoms with E-state index in [2.05, 4.69) is 39.5 Å². The van der Waals surface area contributed by atoms with Crippen molar-refractivity contribution < 1.29 is 0 Å². The number of fused-ring (bicyclic) bond motifs is 1. The van der Waals surface area contributed by atoms with Crippen LogP contribution in [0.3, 0.4) is 0 Å². The molecule has 102 valence electrons. The normalized spacial score (nSPS) is 19.6. The molecule has 1 atom stereocenters. The van der Waals surface area contributed by atoms with E-state index in [0.29, 0.717) is 5.92 Å². The Morgan fingerprint density at radius 3 is 2.65 bits per heavy atom. The Kier molecular flexibility index (Phi) is 3.25. The van der Waals surface area contributed by atoms with Gasteiger partial charge in [-0.2, -0.15) is 5.10 Å². The highest BCUT2D eigenvalue weighted by molar-refractivity contribution is 6.03. The number of benzene rings is 1. The largest absolute Gasteiger partial charge is 0.369 e. The van der Waals surface area contributed by atoms with Gasteiger partial charge in [0.2, 0.25) is 5.96 Å². The van der Waals surface area contributed by atoms with Crippen LogP contribution >= 0.6 is 0 Å². The summed E-state index contributed by atoms with van der Waals surface area (Å²) in [5.41, 5.74) is 15.3. The quantitative estimate of drug-likeness (QED) is 0.439. The fourth-order valence-corrected chi connectivity index (χ4v) is 2.68. The van der Waals surface area contributed by atoms with Crippen LogP contribution in [0.2, 0.25) is 0 Å². The van der Waals surface area contributed by atoms with Gasteiger partial charge in [-0.1, -0.05) is 30.3 Å². The number of aromatic amines is 1. The van der Waals surface area contributed by atoms with E-state index < -0.39 is 0 Å². The molecule has 0 saturated carbocycles. The van der Waals surface area contributed by atoms with Crippen LogP contribution < -0.4 is 11.5 Å². The van der Waals surface area contributed by atoms with Gasteiger partial charge in [-0.3, -0.25) is 0 Å². The molecule has 1 heterocycles. The van der Waals surface area contributed by atoms with Gasteiger partial charge in [-0.05, 0) is 30.4 Å². The van der Waals surface area contributed by atoms with Crippen molar-refractivity contribution >= 4 is 11.7 Å². The molecule has 5 nitrogen and oxygen atoms in total. The zero-order chi connectivity index (χ0) is 13.9. The topological polar surface area (TPSA) is 92.6 Å². The predicted molar refractivity (Wildman–Crippen MR) is 80.6 cm³/mol. The minimum atomic E-state index is -0.0172. The average Bonchev–Trinajstić information content (AvgIpc) is 2.94. The SMILES string of the molecule is NC(N)=NN=C1CC(c2ccccc2)Cc2[nH]ccc21. The molecule has 5 heteroatoms. The van der Waals surface area contributed by atoms with Crippen molar-refractivity contribution in [2.75, 3.05) is 0 Å². The number of guanidine groups is 1. The maximum Gasteiger partial charge on any atom is 0.211 e. The molecule has 20 heavy (non-hydrogen) atoms. The van der Waals surface area contributed by atoms with E-state index in [0.717, 1.165) is 24.1 Å². The Labute approximate surface area is 117 Å². The molecule has 1 aromatic heterocycles. The summed E-state index contributed by atoms with van der Waals surface area (Å²) in [7, 11) is 0. The lowest BCUT2D eigenvalue weighted by atomic mass is 9.82. The van der Waals surface area contributed by atoms with Gasteiger partial charge in [0.05, 0.1) is 5.71 Å². The molecule has 1 aromatic carbocycles. The monoisotopic (exact) mass is 267 g/mol. The van der Waals surface area contributed by atoms with Crippen LogP contribution in [0, 0.1) is 0 Å². The van der Waals surface area contributed by atoms with Crippen molar-refractivity contribution in [2.45, 2.75) is 18.8 Å². The second-order valence-electron chi connectivity index (χ2n) is 4.96. The lowest BCUT2D eigenvalue weighted by molar-refractivity contribution is 0.684. The fourth-order valence-electron chi connectivity index (χ4n) is 2.68. The summed E-state index contributed by atoms with van der Waals surface area (Å²) in [4.78, 5) is 3.28. The van der Waals surface area contributed by atoms with Gasteiger partial charge in [-0.15, -0.1) is 5.10 Å². The van der Waals surface area contributed by atoms with Crippen molar-refractivity contribution in [3.8, 4) is 0 Å². The van der Waals surface area contributed by atoms with E-state index >= 15 is 0 Å². The minimum absolute atomic E-state index is 0.0172. The number of nitrogens with two attached hydrogens (primary N) is 2. The zero-order valence-corrected chi connectivity index (χ0v) is 11.1. The molecule has 1 aliphatic carbocycles. The highest BCUT2D eigenvalue weighted by Crippen LogP contribution is 2.32. The lowest BCUT2D eigenvalue weighted by Crippen LogP contribution is -2.23. The molecule has 0 radical (unpaired) electrons. The van der Waals surface area contributed by atoms with Crippen molar-refractivity contribution in [3.05, 3.63) is 59.4 Å². The number of aromatic nitrogens is 1. The Hall–Kier alpha value is -2.56. The third kappa shape index (κ3) is 2.42. The first-order valence-corrected chi connectivity index (χ1v) is 6.61. The molecular formula is C15H17N5. The molecule has 1 aliphatic rings. The highest BCUT2D eigenvalue weighted by atomic mass is 15.3. The maximum atomic E-state index is 5.36. The van der Waals surface area contributed by atoms with Crippen molar-refractivity contribution in [1.29, 1.82) is 0 Å². The Morgan fingerprint density at radius 2 is 1.90 bits per heavy atom. The van der Waals surface area contributed by atoms with Crippen LogP contribution in [-0.4, -0.2) is 16.7 Å². The molecule has 0 spiro atoms. The van der Waals surface area contributed by atoms with Crippen molar-refractivity contribution in [1.82, 2.24) is 4.98 Å². The van der Waals surface area contributed by atoms with Crippen LogP contribution in [0.25, 0.3) is 0 Å². The molecule has 0 aliphatic heterocycles. The zero-order valence-electron chi connectivity index (χ0n) is 11.1. The summed E-state index contributed by atoms with van der Waals surface area (Å²) >= 11 is 0. The summed E-state index contributed by atoms with van der Waals surface area (Å²) in [6, 6.07) is 12.5. The van der Waals surface area contributed by atoms with Crippen molar-refractivity contribution in [3.63, 3.8) is 0 Å². The third-order valence-corrected chi connectivity index (χ3v) is 3.59. The molecule has 0 amide bonds. The molecule has 1 unspecified atom stereocenters. The van der Waals surface area contributed by atoms with E-state index in [4.69, 9.17) is 11.5 Å². The van der Waals surface area contributed by atoms with Gasteiger partial charge in [0, 0.05) is 17.5 Å². The third-order valence-electron chi connectivity index (χ3n) is 3.59. The first-order valence-electron chi connectivity index (χ1n) is 6.61. The summed E-state index contributed by atoms with van der Waals surface area (Å²) in [5.74, 6) is 0.381. The molecule has 0 fully saturated rings.